The predicted octanol–water partition coefficient (Wildman–Crippen LogP) is 1.51. The van der Waals surface area contributed by atoms with Gasteiger partial charge in [-0.2, -0.15) is 0 Å². The smallest absolute Gasteiger partial charge is 0.332 e. The topological polar surface area (TPSA) is 99.5 Å². The zero-order valence-corrected chi connectivity index (χ0v) is 12.1. The molecule has 2 heterocycles. The second-order valence-electron chi connectivity index (χ2n) is 5.06. The summed E-state index contributed by atoms with van der Waals surface area (Å²) in [4.78, 5) is 33.2. The molecule has 3 N–H and O–H groups in total. The molecule has 1 aliphatic rings. The van der Waals surface area contributed by atoms with Crippen molar-refractivity contribution in [2.45, 2.75) is 32.1 Å². The van der Waals surface area contributed by atoms with Crippen LogP contribution in [0.4, 0.5) is 5.82 Å². The maximum Gasteiger partial charge on any atom is 0.332 e. The van der Waals surface area contributed by atoms with Crippen LogP contribution in [0.1, 0.15) is 30.5 Å². The molecular formula is C13H19N2O4P. The minimum atomic E-state index is -4.21. The molecule has 0 unspecified atom stereocenters. The number of anilines is 1. The largest absolute Gasteiger partial charge is 0.370 e. The minimum Gasteiger partial charge on any atom is -0.370 e. The summed E-state index contributed by atoms with van der Waals surface area (Å²) in [5.41, 5.74) is 2.23. The fourth-order valence-electron chi connectivity index (χ4n) is 2.28. The second-order valence-corrected chi connectivity index (χ2v) is 6.70. The number of nitrogens with one attached hydrogen (secondary N) is 1. The first-order valence-electron chi connectivity index (χ1n) is 6.73. The van der Waals surface area contributed by atoms with Gasteiger partial charge in [0.05, 0.1) is 0 Å². The number of aromatic nitrogens is 1. The lowest BCUT2D eigenvalue weighted by Crippen LogP contribution is -2.05. The Balaban J connectivity index is 1.71. The summed E-state index contributed by atoms with van der Waals surface area (Å²) in [5, 5.41) is 3.22. The minimum absolute atomic E-state index is 0.217. The number of carbonyl (C=O) groups excluding carboxylic acids is 1. The van der Waals surface area contributed by atoms with Crippen LogP contribution >= 0.6 is 7.60 Å². The van der Waals surface area contributed by atoms with E-state index in [1.54, 1.807) is 0 Å². The van der Waals surface area contributed by atoms with E-state index in [0.29, 0.717) is 6.42 Å². The average Bonchev–Trinajstić information content (AvgIpc) is 2.79. The summed E-state index contributed by atoms with van der Waals surface area (Å²) < 4.78 is 10.7. The van der Waals surface area contributed by atoms with Crippen molar-refractivity contribution in [3.8, 4) is 0 Å². The molecule has 0 saturated carbocycles. The van der Waals surface area contributed by atoms with Gasteiger partial charge in [0.1, 0.15) is 17.8 Å². The second kappa shape index (κ2) is 6.48. The number of hydrogen-bond donors (Lipinski definition) is 3. The van der Waals surface area contributed by atoms with E-state index < -0.39 is 13.8 Å². The highest BCUT2D eigenvalue weighted by atomic mass is 31.2. The molecule has 110 valence electrons. The fourth-order valence-corrected chi connectivity index (χ4v) is 2.89. The van der Waals surface area contributed by atoms with Crippen LogP contribution in [-0.2, 0) is 22.2 Å². The molecule has 6 nitrogen and oxygen atoms in total. The molecule has 0 radical (unpaired) electrons. The normalized spacial score (nSPS) is 13.9. The monoisotopic (exact) mass is 298 g/mol. The standard InChI is InChI=1S/C13H19N2O4P/c16-12(9-20(17,18)19)4-2-1-3-11-6-5-10-7-8-14-13(10)15-11/h5-6H,1-4,7-9H2,(H,14,15)(H2,17,18,19). The molecule has 20 heavy (non-hydrogen) atoms. The van der Waals surface area contributed by atoms with Gasteiger partial charge in [-0.3, -0.25) is 9.36 Å². The summed E-state index contributed by atoms with van der Waals surface area (Å²) in [5.74, 6) is 0.585. The van der Waals surface area contributed by atoms with Crippen LogP contribution < -0.4 is 5.32 Å². The summed E-state index contributed by atoms with van der Waals surface area (Å²) in [6.45, 7) is 0.933. The van der Waals surface area contributed by atoms with E-state index in [2.05, 4.69) is 16.4 Å². The Bertz CT molecular complexity index is 541. The number of rotatable bonds is 7. The van der Waals surface area contributed by atoms with Gasteiger partial charge in [-0.25, -0.2) is 4.98 Å². The van der Waals surface area contributed by atoms with E-state index >= 15 is 0 Å². The Morgan fingerprint density at radius 1 is 1.35 bits per heavy atom. The molecule has 1 aliphatic heterocycles. The molecule has 0 amide bonds. The molecule has 1 aromatic heterocycles. The lowest BCUT2D eigenvalue weighted by Gasteiger charge is -2.05. The van der Waals surface area contributed by atoms with E-state index in [0.717, 1.165) is 37.3 Å². The number of nitrogens with zero attached hydrogens (tertiary/aromatic N) is 1. The van der Waals surface area contributed by atoms with Crippen molar-refractivity contribution < 1.29 is 19.1 Å². The van der Waals surface area contributed by atoms with Crippen molar-refractivity contribution in [2.75, 3.05) is 18.0 Å². The molecule has 0 aromatic carbocycles. The third kappa shape index (κ3) is 4.71. The highest BCUT2D eigenvalue weighted by Gasteiger charge is 2.18. The molecule has 0 saturated heterocycles. The number of aryl methyl sites for hydroxylation is 1. The van der Waals surface area contributed by atoms with E-state index in [4.69, 9.17) is 9.79 Å². The Morgan fingerprint density at radius 2 is 2.15 bits per heavy atom. The molecule has 0 fully saturated rings. The van der Waals surface area contributed by atoms with Crippen molar-refractivity contribution in [3.05, 3.63) is 23.4 Å². The van der Waals surface area contributed by atoms with Gasteiger partial charge in [0.25, 0.3) is 0 Å². The molecule has 1 aromatic rings. The SMILES string of the molecule is O=C(CCCCc1ccc2c(n1)NCC2)CP(=O)(O)O. The zero-order valence-electron chi connectivity index (χ0n) is 11.2. The maximum absolute atomic E-state index is 11.3. The van der Waals surface area contributed by atoms with Crippen molar-refractivity contribution in [2.24, 2.45) is 0 Å². The van der Waals surface area contributed by atoms with Gasteiger partial charge in [-0.15, -0.1) is 0 Å². The number of Topliss-reactive ketones (excluding diaryl/α,β-unsaturated/α-hetero) is 1. The van der Waals surface area contributed by atoms with Crippen molar-refractivity contribution >= 4 is 19.2 Å². The average molecular weight is 298 g/mol. The number of hydrogen-bond acceptors (Lipinski definition) is 4. The van der Waals surface area contributed by atoms with Crippen LogP contribution in [0.5, 0.6) is 0 Å². The first kappa shape index (κ1) is 15.2. The van der Waals surface area contributed by atoms with Gasteiger partial charge in [0.2, 0.25) is 0 Å². The molecular weight excluding hydrogens is 279 g/mol. The van der Waals surface area contributed by atoms with Crippen LogP contribution in [0.15, 0.2) is 12.1 Å². The molecule has 0 bridgehead atoms. The van der Waals surface area contributed by atoms with E-state index in [-0.39, 0.29) is 12.2 Å². The Hall–Kier alpha value is -1.23. The summed E-state index contributed by atoms with van der Waals surface area (Å²) in [6, 6.07) is 4.08. The molecule has 2 rings (SSSR count). The van der Waals surface area contributed by atoms with Gasteiger partial charge >= 0.3 is 7.60 Å². The Kier molecular flexibility index (Phi) is 4.91. The van der Waals surface area contributed by atoms with Crippen LogP contribution in [0.25, 0.3) is 0 Å². The van der Waals surface area contributed by atoms with E-state index in [9.17, 15) is 9.36 Å². The first-order chi connectivity index (χ1) is 9.44. The zero-order chi connectivity index (χ0) is 14.6. The lowest BCUT2D eigenvalue weighted by atomic mass is 10.1. The van der Waals surface area contributed by atoms with Crippen molar-refractivity contribution in [1.82, 2.24) is 4.98 Å². The predicted molar refractivity (Wildman–Crippen MR) is 75.9 cm³/mol. The van der Waals surface area contributed by atoms with Gasteiger partial charge in [0, 0.05) is 18.7 Å². The van der Waals surface area contributed by atoms with Crippen LogP contribution in [-0.4, -0.2) is 33.3 Å². The third-order valence-corrected chi connectivity index (χ3v) is 4.01. The number of unbranched alkanes of at least 4 members (excludes halogenated alkanes) is 1. The number of carbonyl (C=O) groups is 1. The number of pyridine rings is 1. The highest BCUT2D eigenvalue weighted by molar-refractivity contribution is 7.52. The quantitative estimate of drug-likeness (QED) is 0.521. The Labute approximate surface area is 117 Å². The van der Waals surface area contributed by atoms with Gasteiger partial charge in [0.15, 0.2) is 0 Å². The van der Waals surface area contributed by atoms with Crippen LogP contribution in [0.3, 0.4) is 0 Å². The third-order valence-electron chi connectivity index (χ3n) is 3.24. The van der Waals surface area contributed by atoms with Gasteiger partial charge in [-0.05, 0) is 37.3 Å². The molecule has 0 atom stereocenters. The van der Waals surface area contributed by atoms with Gasteiger partial charge in [-0.1, -0.05) is 6.07 Å². The van der Waals surface area contributed by atoms with E-state index in [1.807, 2.05) is 6.07 Å². The molecule has 0 spiro atoms. The fraction of sp³-hybridized carbons (Fsp3) is 0.538. The van der Waals surface area contributed by atoms with E-state index in [1.165, 1.54) is 5.56 Å². The maximum atomic E-state index is 11.3. The van der Waals surface area contributed by atoms with Gasteiger partial charge < -0.3 is 15.1 Å². The molecule has 7 heteroatoms. The highest BCUT2D eigenvalue weighted by Crippen LogP contribution is 2.34. The number of ketones is 1. The summed E-state index contributed by atoms with van der Waals surface area (Å²) in [7, 11) is -4.21. The molecule has 0 aliphatic carbocycles. The Morgan fingerprint density at radius 3 is 2.90 bits per heavy atom. The van der Waals surface area contributed by atoms with Crippen LogP contribution in [0.2, 0.25) is 0 Å². The van der Waals surface area contributed by atoms with Crippen molar-refractivity contribution in [1.29, 1.82) is 0 Å². The first-order valence-corrected chi connectivity index (χ1v) is 8.53. The number of fused-ring (bicyclic) bond motifs is 1. The van der Waals surface area contributed by atoms with Crippen molar-refractivity contribution in [3.63, 3.8) is 0 Å². The summed E-state index contributed by atoms with van der Waals surface area (Å²) in [6.07, 6.45) is 2.78. The lowest BCUT2D eigenvalue weighted by molar-refractivity contribution is -0.117. The van der Waals surface area contributed by atoms with Crippen LogP contribution in [0, 0.1) is 0 Å². The summed E-state index contributed by atoms with van der Waals surface area (Å²) >= 11 is 0.